The maximum absolute atomic E-state index is 4.50. The number of benzene rings is 1. The van der Waals surface area contributed by atoms with E-state index in [-0.39, 0.29) is 0 Å². The van der Waals surface area contributed by atoms with Crippen molar-refractivity contribution in [3.8, 4) is 11.4 Å². The van der Waals surface area contributed by atoms with E-state index in [2.05, 4.69) is 50.3 Å². The lowest BCUT2D eigenvalue weighted by molar-refractivity contribution is 1.10. The molecule has 88 valence electrons. The van der Waals surface area contributed by atoms with E-state index >= 15 is 0 Å². The normalized spacial score (nSPS) is 10.3. The number of halogens is 1. The molecule has 1 aromatic carbocycles. The zero-order valence-corrected chi connectivity index (χ0v) is 11.5. The number of aromatic nitrogens is 2. The molecule has 0 bridgehead atoms. The second-order valence-corrected chi connectivity index (χ2v) is 4.64. The molecule has 0 atom stereocenters. The molecule has 0 spiro atoms. The van der Waals surface area contributed by atoms with Crippen molar-refractivity contribution in [2.45, 2.75) is 13.8 Å². The Hall–Kier alpha value is -1.42. The summed E-state index contributed by atoms with van der Waals surface area (Å²) in [6, 6.07) is 8.18. The summed E-state index contributed by atoms with van der Waals surface area (Å²) in [6.07, 6.45) is 1.78. The molecule has 1 heterocycles. The first-order chi connectivity index (χ1) is 8.20. The second kappa shape index (κ2) is 5.27. The quantitative estimate of drug-likeness (QED) is 0.938. The van der Waals surface area contributed by atoms with Crippen LogP contribution in [-0.4, -0.2) is 16.5 Å². The minimum Gasteiger partial charge on any atom is -0.369 e. The molecular weight excluding hydrogens is 278 g/mol. The SMILES string of the molecule is CCNc1nc(-c2cccc(C)c2)ncc1Br. The van der Waals surface area contributed by atoms with Crippen LogP contribution in [0.25, 0.3) is 11.4 Å². The van der Waals surface area contributed by atoms with Crippen molar-refractivity contribution in [2.75, 3.05) is 11.9 Å². The van der Waals surface area contributed by atoms with Crippen LogP contribution in [0.5, 0.6) is 0 Å². The van der Waals surface area contributed by atoms with E-state index in [4.69, 9.17) is 0 Å². The number of nitrogens with one attached hydrogen (secondary N) is 1. The van der Waals surface area contributed by atoms with Crippen LogP contribution in [0, 0.1) is 6.92 Å². The van der Waals surface area contributed by atoms with Gasteiger partial charge in [-0.15, -0.1) is 0 Å². The van der Waals surface area contributed by atoms with E-state index in [1.165, 1.54) is 5.56 Å². The summed E-state index contributed by atoms with van der Waals surface area (Å²) in [7, 11) is 0. The van der Waals surface area contributed by atoms with Gasteiger partial charge >= 0.3 is 0 Å². The Kier molecular flexibility index (Phi) is 3.74. The van der Waals surface area contributed by atoms with Crippen LogP contribution in [0.15, 0.2) is 34.9 Å². The van der Waals surface area contributed by atoms with Gasteiger partial charge in [0.2, 0.25) is 0 Å². The van der Waals surface area contributed by atoms with Crippen LogP contribution < -0.4 is 5.32 Å². The number of hydrogen-bond acceptors (Lipinski definition) is 3. The molecule has 0 aliphatic rings. The van der Waals surface area contributed by atoms with Crippen molar-refractivity contribution < 1.29 is 0 Å². The molecule has 0 fully saturated rings. The van der Waals surface area contributed by atoms with E-state index in [1.807, 2.05) is 19.1 Å². The van der Waals surface area contributed by atoms with Gasteiger partial charge in [-0.2, -0.15) is 0 Å². The van der Waals surface area contributed by atoms with Gasteiger partial charge in [0.25, 0.3) is 0 Å². The van der Waals surface area contributed by atoms with Gasteiger partial charge in [-0.3, -0.25) is 0 Å². The Bertz CT molecular complexity index is 526. The molecule has 3 nitrogen and oxygen atoms in total. The highest BCUT2D eigenvalue weighted by Crippen LogP contribution is 2.23. The number of nitrogens with zero attached hydrogens (tertiary/aromatic N) is 2. The van der Waals surface area contributed by atoms with E-state index in [0.29, 0.717) is 0 Å². The van der Waals surface area contributed by atoms with Crippen molar-refractivity contribution >= 4 is 21.7 Å². The Morgan fingerprint density at radius 1 is 1.35 bits per heavy atom. The number of hydrogen-bond donors (Lipinski definition) is 1. The standard InChI is InChI=1S/C13H14BrN3/c1-3-15-13-11(14)8-16-12(17-13)10-6-4-5-9(2)7-10/h4-8H,3H2,1-2H3,(H,15,16,17). The maximum atomic E-state index is 4.50. The lowest BCUT2D eigenvalue weighted by Crippen LogP contribution is -2.02. The Labute approximate surface area is 109 Å². The van der Waals surface area contributed by atoms with Crippen LogP contribution in [0.1, 0.15) is 12.5 Å². The average molecular weight is 292 g/mol. The first kappa shape index (κ1) is 12.0. The summed E-state index contributed by atoms with van der Waals surface area (Å²) >= 11 is 3.43. The van der Waals surface area contributed by atoms with Crippen molar-refractivity contribution in [2.24, 2.45) is 0 Å². The van der Waals surface area contributed by atoms with Crippen molar-refractivity contribution in [1.29, 1.82) is 0 Å². The molecule has 0 amide bonds. The van der Waals surface area contributed by atoms with Crippen LogP contribution in [-0.2, 0) is 0 Å². The third-order valence-electron chi connectivity index (χ3n) is 2.36. The molecule has 4 heteroatoms. The summed E-state index contributed by atoms with van der Waals surface area (Å²) < 4.78 is 0.885. The van der Waals surface area contributed by atoms with Gasteiger partial charge in [0.15, 0.2) is 5.82 Å². The van der Waals surface area contributed by atoms with Crippen LogP contribution >= 0.6 is 15.9 Å². The first-order valence-electron chi connectivity index (χ1n) is 5.54. The molecular formula is C13H14BrN3. The van der Waals surface area contributed by atoms with Crippen LogP contribution in [0.2, 0.25) is 0 Å². The highest BCUT2D eigenvalue weighted by Gasteiger charge is 2.06. The Balaban J connectivity index is 2.42. The smallest absolute Gasteiger partial charge is 0.161 e. The van der Waals surface area contributed by atoms with Crippen LogP contribution in [0.3, 0.4) is 0 Å². The number of aryl methyl sites for hydroxylation is 1. The summed E-state index contributed by atoms with van der Waals surface area (Å²) in [4.78, 5) is 8.84. The van der Waals surface area contributed by atoms with Gasteiger partial charge in [-0.1, -0.05) is 23.8 Å². The number of rotatable bonds is 3. The third kappa shape index (κ3) is 2.82. The predicted molar refractivity (Wildman–Crippen MR) is 74.1 cm³/mol. The summed E-state index contributed by atoms with van der Waals surface area (Å²) in [5.74, 6) is 1.58. The minimum absolute atomic E-state index is 0.743. The topological polar surface area (TPSA) is 37.8 Å². The molecule has 17 heavy (non-hydrogen) atoms. The fourth-order valence-electron chi connectivity index (χ4n) is 1.58. The molecule has 1 N–H and O–H groups in total. The predicted octanol–water partition coefficient (Wildman–Crippen LogP) is 3.65. The molecule has 0 aliphatic carbocycles. The van der Waals surface area contributed by atoms with Gasteiger partial charge in [-0.25, -0.2) is 9.97 Å². The summed E-state index contributed by atoms with van der Waals surface area (Å²) in [6.45, 7) is 4.94. The van der Waals surface area contributed by atoms with E-state index in [9.17, 15) is 0 Å². The summed E-state index contributed by atoms with van der Waals surface area (Å²) in [5.41, 5.74) is 2.25. The maximum Gasteiger partial charge on any atom is 0.161 e. The fraction of sp³-hybridized carbons (Fsp3) is 0.231. The molecule has 0 aliphatic heterocycles. The van der Waals surface area contributed by atoms with Crippen LogP contribution in [0.4, 0.5) is 5.82 Å². The zero-order valence-electron chi connectivity index (χ0n) is 9.87. The van der Waals surface area contributed by atoms with Crippen molar-refractivity contribution in [3.63, 3.8) is 0 Å². The van der Waals surface area contributed by atoms with Gasteiger partial charge in [0.1, 0.15) is 5.82 Å². The number of anilines is 1. The fourth-order valence-corrected chi connectivity index (χ4v) is 1.91. The molecule has 0 radical (unpaired) electrons. The Morgan fingerprint density at radius 2 is 2.18 bits per heavy atom. The van der Waals surface area contributed by atoms with E-state index in [1.54, 1.807) is 6.20 Å². The van der Waals surface area contributed by atoms with Gasteiger partial charge in [0, 0.05) is 18.3 Å². The molecule has 2 aromatic rings. The summed E-state index contributed by atoms with van der Waals surface area (Å²) in [5, 5.41) is 3.20. The van der Waals surface area contributed by atoms with E-state index < -0.39 is 0 Å². The van der Waals surface area contributed by atoms with Gasteiger partial charge in [0.05, 0.1) is 4.47 Å². The van der Waals surface area contributed by atoms with Crippen molar-refractivity contribution in [3.05, 3.63) is 40.5 Å². The molecule has 1 aromatic heterocycles. The highest BCUT2D eigenvalue weighted by molar-refractivity contribution is 9.10. The molecule has 0 unspecified atom stereocenters. The largest absolute Gasteiger partial charge is 0.369 e. The molecule has 0 saturated carbocycles. The lowest BCUT2D eigenvalue weighted by Gasteiger charge is -2.07. The lowest BCUT2D eigenvalue weighted by atomic mass is 10.1. The minimum atomic E-state index is 0.743. The van der Waals surface area contributed by atoms with Crippen molar-refractivity contribution in [1.82, 2.24) is 9.97 Å². The van der Waals surface area contributed by atoms with Gasteiger partial charge in [-0.05, 0) is 35.8 Å². The second-order valence-electron chi connectivity index (χ2n) is 3.79. The third-order valence-corrected chi connectivity index (χ3v) is 2.94. The van der Waals surface area contributed by atoms with E-state index in [0.717, 1.165) is 28.2 Å². The monoisotopic (exact) mass is 291 g/mol. The van der Waals surface area contributed by atoms with Gasteiger partial charge < -0.3 is 5.32 Å². The molecule has 2 rings (SSSR count). The Morgan fingerprint density at radius 3 is 2.88 bits per heavy atom. The zero-order chi connectivity index (χ0) is 12.3. The average Bonchev–Trinajstić information content (AvgIpc) is 2.32. The first-order valence-corrected chi connectivity index (χ1v) is 6.33. The highest BCUT2D eigenvalue weighted by atomic mass is 79.9. The molecule has 0 saturated heterocycles.